The van der Waals surface area contributed by atoms with E-state index in [4.69, 9.17) is 11.6 Å². The van der Waals surface area contributed by atoms with Gasteiger partial charge in [-0.25, -0.2) is 4.98 Å². The average molecular weight is 314 g/mol. The second-order valence-electron chi connectivity index (χ2n) is 4.60. The summed E-state index contributed by atoms with van der Waals surface area (Å²) in [5.74, 6) is 0. The van der Waals surface area contributed by atoms with Gasteiger partial charge in [-0.05, 0) is 12.1 Å². The van der Waals surface area contributed by atoms with Crippen LogP contribution in [0.3, 0.4) is 0 Å². The van der Waals surface area contributed by atoms with Crippen molar-refractivity contribution in [3.8, 4) is 0 Å². The summed E-state index contributed by atoms with van der Waals surface area (Å²) in [5, 5.41) is 1.86. The van der Waals surface area contributed by atoms with Gasteiger partial charge >= 0.3 is 0 Å². The molecule has 0 spiro atoms. The van der Waals surface area contributed by atoms with E-state index in [9.17, 15) is 4.57 Å². The molecule has 0 aliphatic heterocycles. The van der Waals surface area contributed by atoms with E-state index < -0.39 is 7.14 Å². The molecule has 0 radical (unpaired) electrons. The monoisotopic (exact) mass is 313 g/mol. The summed E-state index contributed by atoms with van der Waals surface area (Å²) in [5.41, 5.74) is 0.507. The van der Waals surface area contributed by atoms with Gasteiger partial charge in [0.15, 0.2) is 7.14 Å². The van der Waals surface area contributed by atoms with Gasteiger partial charge in [0.05, 0.1) is 0 Å². The lowest BCUT2D eigenvalue weighted by Crippen LogP contribution is -2.26. The van der Waals surface area contributed by atoms with Crippen LogP contribution in [-0.2, 0) is 4.57 Å². The van der Waals surface area contributed by atoms with E-state index in [1.54, 1.807) is 18.2 Å². The number of pyridine rings is 1. The van der Waals surface area contributed by atoms with Crippen molar-refractivity contribution in [3.63, 3.8) is 0 Å². The molecular formula is C17H13ClNOP. The quantitative estimate of drug-likeness (QED) is 0.548. The van der Waals surface area contributed by atoms with Crippen molar-refractivity contribution in [2.45, 2.75) is 0 Å². The van der Waals surface area contributed by atoms with Crippen LogP contribution in [0.4, 0.5) is 0 Å². The fraction of sp³-hybridized carbons (Fsp3) is 0. The van der Waals surface area contributed by atoms with Gasteiger partial charge in [-0.2, -0.15) is 0 Å². The Labute approximate surface area is 128 Å². The molecule has 2 nitrogen and oxygen atoms in total. The van der Waals surface area contributed by atoms with Crippen LogP contribution in [0.2, 0.25) is 5.15 Å². The van der Waals surface area contributed by atoms with Gasteiger partial charge in [-0.3, -0.25) is 0 Å². The van der Waals surface area contributed by atoms with Gasteiger partial charge < -0.3 is 4.57 Å². The highest BCUT2D eigenvalue weighted by atomic mass is 35.5. The first-order valence-electron chi connectivity index (χ1n) is 6.55. The van der Waals surface area contributed by atoms with Crippen LogP contribution in [0.1, 0.15) is 0 Å². The fourth-order valence-corrected chi connectivity index (χ4v) is 5.04. The van der Waals surface area contributed by atoms with E-state index in [0.717, 1.165) is 10.6 Å². The second kappa shape index (κ2) is 5.85. The molecule has 104 valence electrons. The number of benzene rings is 2. The largest absolute Gasteiger partial charge is 0.307 e. The summed E-state index contributed by atoms with van der Waals surface area (Å²) >= 11 is 5.99. The number of hydrogen-bond acceptors (Lipinski definition) is 2. The van der Waals surface area contributed by atoms with E-state index >= 15 is 0 Å². The molecule has 4 heteroatoms. The highest BCUT2D eigenvalue weighted by Crippen LogP contribution is 2.41. The van der Waals surface area contributed by atoms with Crippen molar-refractivity contribution in [3.05, 3.63) is 84.0 Å². The highest BCUT2D eigenvalue weighted by molar-refractivity contribution is 7.85. The predicted molar refractivity (Wildman–Crippen MR) is 88.6 cm³/mol. The molecule has 0 amide bonds. The molecule has 21 heavy (non-hydrogen) atoms. The van der Waals surface area contributed by atoms with Gasteiger partial charge in [0.2, 0.25) is 0 Å². The topological polar surface area (TPSA) is 30.0 Å². The second-order valence-corrected chi connectivity index (χ2v) is 7.70. The summed E-state index contributed by atoms with van der Waals surface area (Å²) in [4.78, 5) is 4.30. The van der Waals surface area contributed by atoms with Crippen LogP contribution in [-0.4, -0.2) is 4.98 Å². The smallest absolute Gasteiger partial charge is 0.188 e. The minimum absolute atomic E-state index is 0.347. The average Bonchev–Trinajstić information content (AvgIpc) is 2.56. The van der Waals surface area contributed by atoms with Crippen LogP contribution in [0, 0.1) is 0 Å². The van der Waals surface area contributed by atoms with Crippen LogP contribution in [0.25, 0.3) is 0 Å². The van der Waals surface area contributed by atoms with Crippen molar-refractivity contribution >= 4 is 34.8 Å². The third-order valence-corrected chi connectivity index (χ3v) is 6.42. The first-order valence-corrected chi connectivity index (χ1v) is 8.64. The van der Waals surface area contributed by atoms with E-state index in [1.807, 2.05) is 60.7 Å². The number of halogens is 1. The van der Waals surface area contributed by atoms with Gasteiger partial charge in [0.25, 0.3) is 0 Å². The third-order valence-electron chi connectivity index (χ3n) is 3.26. The van der Waals surface area contributed by atoms with E-state index in [2.05, 4.69) is 4.98 Å². The molecule has 1 heterocycles. The Morgan fingerprint density at radius 3 is 1.71 bits per heavy atom. The zero-order valence-electron chi connectivity index (χ0n) is 11.2. The van der Waals surface area contributed by atoms with E-state index in [0.29, 0.717) is 10.6 Å². The molecule has 0 bridgehead atoms. The van der Waals surface area contributed by atoms with Gasteiger partial charge in [-0.1, -0.05) is 78.3 Å². The zero-order chi connectivity index (χ0) is 14.7. The minimum atomic E-state index is -3.00. The number of rotatable bonds is 3. The summed E-state index contributed by atoms with van der Waals surface area (Å²) in [7, 11) is -3.00. The Bertz CT molecular complexity index is 747. The Morgan fingerprint density at radius 2 is 1.24 bits per heavy atom. The van der Waals surface area contributed by atoms with Crippen molar-refractivity contribution in [2.75, 3.05) is 0 Å². The highest BCUT2D eigenvalue weighted by Gasteiger charge is 2.30. The first kappa shape index (κ1) is 14.1. The lowest BCUT2D eigenvalue weighted by Gasteiger charge is -2.18. The van der Waals surface area contributed by atoms with Crippen LogP contribution >= 0.6 is 18.7 Å². The number of nitrogens with zero attached hydrogens (tertiary/aromatic N) is 1. The number of aromatic nitrogens is 1. The maximum atomic E-state index is 13.8. The summed E-state index contributed by atoms with van der Waals surface area (Å²) in [6.45, 7) is 0. The maximum Gasteiger partial charge on any atom is 0.188 e. The molecule has 0 saturated carbocycles. The lowest BCUT2D eigenvalue weighted by atomic mass is 10.4. The minimum Gasteiger partial charge on any atom is -0.307 e. The molecule has 3 rings (SSSR count). The van der Waals surface area contributed by atoms with E-state index in [-0.39, 0.29) is 0 Å². The third kappa shape index (κ3) is 2.65. The van der Waals surface area contributed by atoms with Gasteiger partial charge in [0.1, 0.15) is 10.6 Å². The molecule has 3 aromatic rings. The fourth-order valence-electron chi connectivity index (χ4n) is 2.26. The van der Waals surface area contributed by atoms with Gasteiger partial charge in [0, 0.05) is 10.6 Å². The lowest BCUT2D eigenvalue weighted by molar-refractivity contribution is 0.592. The van der Waals surface area contributed by atoms with Gasteiger partial charge in [-0.15, -0.1) is 0 Å². The predicted octanol–water partition coefficient (Wildman–Crippen LogP) is 3.37. The SMILES string of the molecule is O=P(c1ccccc1)(c1ccccc1)c1cccc(Cl)n1. The molecule has 0 aliphatic rings. The Hall–Kier alpha value is -1.89. The molecule has 0 atom stereocenters. The standard InChI is InChI=1S/C17H13ClNOP/c18-16-12-7-13-17(19-16)21(20,14-8-3-1-4-9-14)15-10-5-2-6-11-15/h1-13H. The van der Waals surface area contributed by atoms with E-state index in [1.165, 1.54) is 0 Å². The summed E-state index contributed by atoms with van der Waals surface area (Å²) < 4.78 is 13.8. The summed E-state index contributed by atoms with van der Waals surface area (Å²) in [6.07, 6.45) is 0. The molecular weight excluding hydrogens is 301 g/mol. The number of hydrogen-bond donors (Lipinski definition) is 0. The van der Waals surface area contributed by atoms with Crippen LogP contribution in [0.5, 0.6) is 0 Å². The molecule has 0 fully saturated rings. The molecule has 0 unspecified atom stereocenters. The Morgan fingerprint density at radius 1 is 0.714 bits per heavy atom. The molecule has 1 aromatic heterocycles. The summed E-state index contributed by atoms with van der Waals surface area (Å²) in [6, 6.07) is 24.1. The first-order chi connectivity index (χ1) is 10.2. The zero-order valence-corrected chi connectivity index (χ0v) is 12.8. The Kier molecular flexibility index (Phi) is 3.92. The van der Waals surface area contributed by atoms with Crippen LogP contribution in [0.15, 0.2) is 78.9 Å². The molecule has 0 N–H and O–H groups in total. The Balaban J connectivity index is 2.29. The van der Waals surface area contributed by atoms with Crippen molar-refractivity contribution in [1.82, 2.24) is 4.98 Å². The van der Waals surface area contributed by atoms with Crippen molar-refractivity contribution in [1.29, 1.82) is 0 Å². The maximum absolute atomic E-state index is 13.8. The molecule has 2 aromatic carbocycles. The van der Waals surface area contributed by atoms with Crippen molar-refractivity contribution in [2.24, 2.45) is 0 Å². The van der Waals surface area contributed by atoms with Crippen molar-refractivity contribution < 1.29 is 4.57 Å². The molecule has 0 aliphatic carbocycles. The molecule has 0 saturated heterocycles. The van der Waals surface area contributed by atoms with Crippen LogP contribution < -0.4 is 16.0 Å². The normalized spacial score (nSPS) is 11.3.